The van der Waals surface area contributed by atoms with E-state index >= 15 is 0 Å². The molecule has 82 valence electrons. The molecular formula is C9H7N3O4. The highest BCUT2D eigenvalue weighted by molar-refractivity contribution is 6.08. The lowest BCUT2D eigenvalue weighted by Gasteiger charge is -2.03. The van der Waals surface area contributed by atoms with Crippen LogP contribution in [0.3, 0.4) is 0 Å². The summed E-state index contributed by atoms with van der Waals surface area (Å²) in [5.74, 6) is -0.837. The number of non-ortho nitro benzene ring substituents is 1. The minimum absolute atomic E-state index is 0.138. The zero-order chi connectivity index (χ0) is 11.7. The lowest BCUT2D eigenvalue weighted by molar-refractivity contribution is -0.384. The van der Waals surface area contributed by atoms with E-state index in [0.717, 1.165) is 6.07 Å². The molecule has 0 saturated carbocycles. The summed E-state index contributed by atoms with van der Waals surface area (Å²) in [6, 6.07) is 3.70. The SMILES string of the molecule is O=C1CNC(=O)c2ccc([N+](=O)[O-])cc2N1. The summed E-state index contributed by atoms with van der Waals surface area (Å²) < 4.78 is 0. The molecule has 0 atom stereocenters. The fraction of sp³-hybridized carbons (Fsp3) is 0.111. The molecule has 0 bridgehead atoms. The van der Waals surface area contributed by atoms with Crippen LogP contribution in [-0.2, 0) is 4.79 Å². The largest absolute Gasteiger partial charge is 0.343 e. The molecule has 7 nitrogen and oxygen atoms in total. The van der Waals surface area contributed by atoms with E-state index < -0.39 is 16.7 Å². The third kappa shape index (κ3) is 1.70. The lowest BCUT2D eigenvalue weighted by Crippen LogP contribution is -2.28. The average Bonchev–Trinajstić information content (AvgIpc) is 2.38. The highest BCUT2D eigenvalue weighted by atomic mass is 16.6. The van der Waals surface area contributed by atoms with Crippen molar-refractivity contribution in [1.29, 1.82) is 0 Å². The third-order valence-electron chi connectivity index (χ3n) is 2.14. The summed E-state index contributed by atoms with van der Waals surface area (Å²) in [4.78, 5) is 32.6. The number of nitrogens with one attached hydrogen (secondary N) is 2. The van der Waals surface area contributed by atoms with Crippen LogP contribution in [0.2, 0.25) is 0 Å². The Morgan fingerprint density at radius 1 is 1.31 bits per heavy atom. The number of hydrogen-bond acceptors (Lipinski definition) is 4. The summed E-state index contributed by atoms with van der Waals surface area (Å²) in [5, 5.41) is 15.3. The molecule has 1 aliphatic rings. The molecule has 0 unspecified atom stereocenters. The van der Waals surface area contributed by atoms with Crippen molar-refractivity contribution in [2.24, 2.45) is 0 Å². The van der Waals surface area contributed by atoms with Crippen LogP contribution in [0.1, 0.15) is 10.4 Å². The van der Waals surface area contributed by atoms with Crippen molar-refractivity contribution in [2.45, 2.75) is 0 Å². The molecule has 0 fully saturated rings. The number of anilines is 1. The van der Waals surface area contributed by atoms with E-state index in [1.165, 1.54) is 12.1 Å². The second-order valence-electron chi connectivity index (χ2n) is 3.22. The van der Waals surface area contributed by atoms with Crippen LogP contribution < -0.4 is 10.6 Å². The maximum atomic E-state index is 11.5. The number of nitrogens with zero attached hydrogens (tertiary/aromatic N) is 1. The van der Waals surface area contributed by atoms with Crippen LogP contribution in [0.4, 0.5) is 11.4 Å². The number of amides is 2. The molecule has 7 heteroatoms. The van der Waals surface area contributed by atoms with E-state index in [2.05, 4.69) is 10.6 Å². The average molecular weight is 221 g/mol. The molecule has 0 radical (unpaired) electrons. The highest BCUT2D eigenvalue weighted by Crippen LogP contribution is 2.23. The number of carbonyl (C=O) groups excluding carboxylic acids is 2. The molecule has 1 aromatic rings. The second-order valence-corrected chi connectivity index (χ2v) is 3.22. The van der Waals surface area contributed by atoms with Gasteiger partial charge in [0.25, 0.3) is 11.6 Å². The first-order chi connectivity index (χ1) is 7.58. The molecular weight excluding hydrogens is 214 g/mol. The van der Waals surface area contributed by atoms with Gasteiger partial charge in [0.2, 0.25) is 5.91 Å². The van der Waals surface area contributed by atoms with E-state index in [1.54, 1.807) is 0 Å². The molecule has 0 spiro atoms. The number of hydrogen-bond donors (Lipinski definition) is 2. The molecule has 0 aliphatic carbocycles. The number of nitro benzene ring substituents is 1. The maximum Gasteiger partial charge on any atom is 0.271 e. The van der Waals surface area contributed by atoms with Crippen LogP contribution >= 0.6 is 0 Å². The highest BCUT2D eigenvalue weighted by Gasteiger charge is 2.21. The fourth-order valence-corrected chi connectivity index (χ4v) is 1.40. The van der Waals surface area contributed by atoms with Crippen molar-refractivity contribution in [3.63, 3.8) is 0 Å². The van der Waals surface area contributed by atoms with Gasteiger partial charge in [0.05, 0.1) is 22.7 Å². The van der Waals surface area contributed by atoms with Crippen LogP contribution in [-0.4, -0.2) is 23.3 Å². The van der Waals surface area contributed by atoms with Crippen molar-refractivity contribution < 1.29 is 14.5 Å². The van der Waals surface area contributed by atoms with E-state index in [1.807, 2.05) is 0 Å². The first kappa shape index (κ1) is 10.1. The molecule has 1 heterocycles. The van der Waals surface area contributed by atoms with Gasteiger partial charge in [-0.15, -0.1) is 0 Å². The van der Waals surface area contributed by atoms with E-state index in [4.69, 9.17) is 0 Å². The number of rotatable bonds is 1. The normalized spacial score (nSPS) is 14.5. The van der Waals surface area contributed by atoms with E-state index in [0.29, 0.717) is 0 Å². The van der Waals surface area contributed by atoms with Crippen molar-refractivity contribution in [3.05, 3.63) is 33.9 Å². The lowest BCUT2D eigenvalue weighted by atomic mass is 10.1. The van der Waals surface area contributed by atoms with Crippen LogP contribution in [0.25, 0.3) is 0 Å². The van der Waals surface area contributed by atoms with Crippen molar-refractivity contribution in [2.75, 3.05) is 11.9 Å². The first-order valence-electron chi connectivity index (χ1n) is 4.44. The third-order valence-corrected chi connectivity index (χ3v) is 2.14. The van der Waals surface area contributed by atoms with E-state index in [9.17, 15) is 19.7 Å². The van der Waals surface area contributed by atoms with Crippen LogP contribution in [0, 0.1) is 10.1 Å². The number of fused-ring (bicyclic) bond motifs is 1. The summed E-state index contributed by atoms with van der Waals surface area (Å²) >= 11 is 0. The summed E-state index contributed by atoms with van der Waals surface area (Å²) in [5.41, 5.74) is 0.208. The Labute approximate surface area is 89.6 Å². The molecule has 2 amide bonds. The van der Waals surface area contributed by atoms with Gasteiger partial charge in [-0.3, -0.25) is 19.7 Å². The molecule has 0 aromatic heterocycles. The molecule has 2 rings (SSSR count). The zero-order valence-electron chi connectivity index (χ0n) is 8.02. The molecule has 16 heavy (non-hydrogen) atoms. The van der Waals surface area contributed by atoms with E-state index in [-0.39, 0.29) is 23.5 Å². The smallest absolute Gasteiger partial charge is 0.271 e. The van der Waals surface area contributed by atoms with Gasteiger partial charge in [-0.1, -0.05) is 0 Å². The topological polar surface area (TPSA) is 101 Å². The first-order valence-corrected chi connectivity index (χ1v) is 4.44. The molecule has 0 saturated heterocycles. The minimum atomic E-state index is -0.588. The predicted molar refractivity (Wildman–Crippen MR) is 54.1 cm³/mol. The fourth-order valence-electron chi connectivity index (χ4n) is 1.40. The van der Waals surface area contributed by atoms with Gasteiger partial charge >= 0.3 is 0 Å². The van der Waals surface area contributed by atoms with Crippen LogP contribution in [0.5, 0.6) is 0 Å². The monoisotopic (exact) mass is 221 g/mol. The van der Waals surface area contributed by atoms with Crippen molar-refractivity contribution in [1.82, 2.24) is 5.32 Å². The van der Waals surface area contributed by atoms with Gasteiger partial charge in [0, 0.05) is 12.1 Å². The molecule has 2 N–H and O–H groups in total. The Bertz CT molecular complexity index is 498. The summed E-state index contributed by atoms with van der Waals surface area (Å²) in [6.07, 6.45) is 0. The quantitative estimate of drug-likeness (QED) is 0.525. The van der Waals surface area contributed by atoms with Gasteiger partial charge in [0.1, 0.15) is 0 Å². The van der Waals surface area contributed by atoms with Crippen molar-refractivity contribution >= 4 is 23.2 Å². The Morgan fingerprint density at radius 3 is 2.75 bits per heavy atom. The summed E-state index contributed by atoms with van der Waals surface area (Å²) in [6.45, 7) is -0.138. The Balaban J connectivity index is 2.51. The Hall–Kier alpha value is -2.44. The van der Waals surface area contributed by atoms with Gasteiger partial charge in [-0.2, -0.15) is 0 Å². The van der Waals surface area contributed by atoms with Crippen molar-refractivity contribution in [3.8, 4) is 0 Å². The molecule has 1 aliphatic heterocycles. The standard InChI is InChI=1S/C9H7N3O4/c13-8-4-10-9(14)6-2-1-5(12(15)16)3-7(6)11-8/h1-3H,4H2,(H,10,14)(H,11,13). The Kier molecular flexibility index (Phi) is 2.28. The molecule has 1 aromatic carbocycles. The second kappa shape index (κ2) is 3.61. The van der Waals surface area contributed by atoms with Gasteiger partial charge in [-0.05, 0) is 6.07 Å². The predicted octanol–water partition coefficient (Wildman–Crippen LogP) is 0.277. The minimum Gasteiger partial charge on any atom is -0.343 e. The summed E-state index contributed by atoms with van der Waals surface area (Å²) in [7, 11) is 0. The van der Waals surface area contributed by atoms with Gasteiger partial charge in [-0.25, -0.2) is 0 Å². The van der Waals surface area contributed by atoms with Gasteiger partial charge < -0.3 is 10.6 Å². The number of carbonyl (C=O) groups is 2. The van der Waals surface area contributed by atoms with Crippen LogP contribution in [0.15, 0.2) is 18.2 Å². The van der Waals surface area contributed by atoms with Gasteiger partial charge in [0.15, 0.2) is 0 Å². The maximum absolute atomic E-state index is 11.5. The zero-order valence-corrected chi connectivity index (χ0v) is 8.02. The Morgan fingerprint density at radius 2 is 2.06 bits per heavy atom. The number of benzene rings is 1. The number of nitro groups is 1.